The van der Waals surface area contributed by atoms with Gasteiger partial charge in [-0.15, -0.1) is 11.8 Å². The van der Waals surface area contributed by atoms with Crippen molar-refractivity contribution >= 4 is 70.1 Å². The molecule has 6 nitrogen and oxygen atoms in total. The van der Waals surface area contributed by atoms with Crippen molar-refractivity contribution in [2.75, 3.05) is 16.4 Å². The molecule has 41 heavy (non-hydrogen) atoms. The third kappa shape index (κ3) is 8.47. The van der Waals surface area contributed by atoms with Crippen LogP contribution < -0.4 is 16.0 Å². The lowest BCUT2D eigenvalue weighted by Gasteiger charge is -2.13. The normalized spacial score (nSPS) is 11.1. The van der Waals surface area contributed by atoms with Crippen molar-refractivity contribution in [3.63, 3.8) is 0 Å². The van der Waals surface area contributed by atoms with Gasteiger partial charge in [0, 0.05) is 37.4 Å². The number of nitrogens with one attached hydrogen (secondary N) is 3. The zero-order valence-electron chi connectivity index (χ0n) is 22.3. The van der Waals surface area contributed by atoms with Crippen LogP contribution in [0.1, 0.15) is 27.0 Å². The van der Waals surface area contributed by atoms with Gasteiger partial charge in [-0.2, -0.15) is 0 Å². The van der Waals surface area contributed by atoms with Crippen LogP contribution in [0.4, 0.5) is 11.4 Å². The summed E-state index contributed by atoms with van der Waals surface area (Å²) in [7, 11) is 0. The summed E-state index contributed by atoms with van der Waals surface area (Å²) < 4.78 is 0. The van der Waals surface area contributed by atoms with E-state index in [1.807, 2.05) is 38.1 Å². The molecule has 3 amide bonds. The lowest BCUT2D eigenvalue weighted by Crippen LogP contribution is -2.30. The highest BCUT2D eigenvalue weighted by Gasteiger charge is 2.17. The molecule has 0 aliphatic heterocycles. The van der Waals surface area contributed by atoms with E-state index in [2.05, 4.69) is 16.0 Å². The van der Waals surface area contributed by atoms with Gasteiger partial charge >= 0.3 is 0 Å². The van der Waals surface area contributed by atoms with Crippen molar-refractivity contribution in [2.45, 2.75) is 18.7 Å². The third-order valence-corrected chi connectivity index (χ3v) is 7.60. The highest BCUT2D eigenvalue weighted by atomic mass is 35.5. The predicted octanol–water partition coefficient (Wildman–Crippen LogP) is 7.75. The van der Waals surface area contributed by atoms with E-state index in [0.29, 0.717) is 26.9 Å². The standard InChI is InChI=1S/C32H27Cl2N3O3S/c1-20-14-15-21(2)28(16-20)36-30(38)19-41-24-11-6-10-23(17-24)35-32(40)29(18-25-26(33)12-7-13-27(25)34)37-31(39)22-8-4-3-5-9-22/h3-18H,19H2,1-2H3,(H,35,40)(H,36,38)(H,37,39)/b29-18+. The van der Waals surface area contributed by atoms with Gasteiger partial charge in [-0.25, -0.2) is 0 Å². The fourth-order valence-electron chi connectivity index (χ4n) is 3.80. The second kappa shape index (κ2) is 14.0. The first kappa shape index (κ1) is 29.9. The first-order valence-corrected chi connectivity index (χ1v) is 14.4. The van der Waals surface area contributed by atoms with Gasteiger partial charge in [0.2, 0.25) is 5.91 Å². The largest absolute Gasteiger partial charge is 0.325 e. The van der Waals surface area contributed by atoms with Crippen molar-refractivity contribution in [3.05, 3.63) is 129 Å². The minimum atomic E-state index is -0.569. The summed E-state index contributed by atoms with van der Waals surface area (Å²) in [6.07, 6.45) is 1.44. The number of anilines is 2. The number of thioether (sulfide) groups is 1. The van der Waals surface area contributed by atoms with Crippen molar-refractivity contribution < 1.29 is 14.4 Å². The molecule has 0 radical (unpaired) electrons. The molecule has 0 aromatic heterocycles. The summed E-state index contributed by atoms with van der Waals surface area (Å²) in [5.74, 6) is -0.980. The van der Waals surface area contributed by atoms with E-state index in [1.54, 1.807) is 66.7 Å². The van der Waals surface area contributed by atoms with Gasteiger partial charge in [-0.3, -0.25) is 14.4 Å². The second-order valence-corrected chi connectivity index (χ2v) is 11.0. The first-order chi connectivity index (χ1) is 19.7. The zero-order chi connectivity index (χ0) is 29.4. The molecule has 208 valence electrons. The lowest BCUT2D eigenvalue weighted by atomic mass is 10.1. The summed E-state index contributed by atoms with van der Waals surface area (Å²) in [4.78, 5) is 39.7. The van der Waals surface area contributed by atoms with E-state index in [1.165, 1.54) is 17.8 Å². The topological polar surface area (TPSA) is 87.3 Å². The summed E-state index contributed by atoms with van der Waals surface area (Å²) in [5, 5.41) is 9.10. The molecule has 0 saturated heterocycles. The number of halogens is 2. The molecule has 4 rings (SSSR count). The maximum absolute atomic E-state index is 13.4. The highest BCUT2D eigenvalue weighted by Crippen LogP contribution is 2.27. The van der Waals surface area contributed by atoms with Gasteiger partial charge in [-0.05, 0) is 79.6 Å². The van der Waals surface area contributed by atoms with Crippen LogP contribution in [0.15, 0.2) is 102 Å². The third-order valence-electron chi connectivity index (χ3n) is 5.95. The molecular weight excluding hydrogens is 577 g/mol. The number of carbonyl (C=O) groups is 3. The summed E-state index contributed by atoms with van der Waals surface area (Å²) in [5.41, 5.74) is 4.06. The number of aryl methyl sites for hydroxylation is 2. The Morgan fingerprint density at radius 1 is 0.805 bits per heavy atom. The molecule has 0 spiro atoms. The van der Waals surface area contributed by atoms with Crippen LogP contribution in [0.3, 0.4) is 0 Å². The molecule has 0 aliphatic carbocycles. The van der Waals surface area contributed by atoms with E-state index in [9.17, 15) is 14.4 Å². The predicted molar refractivity (Wildman–Crippen MR) is 169 cm³/mol. The highest BCUT2D eigenvalue weighted by molar-refractivity contribution is 8.00. The fourth-order valence-corrected chi connectivity index (χ4v) is 5.06. The minimum Gasteiger partial charge on any atom is -0.325 e. The van der Waals surface area contributed by atoms with Gasteiger partial charge < -0.3 is 16.0 Å². The van der Waals surface area contributed by atoms with E-state index >= 15 is 0 Å². The van der Waals surface area contributed by atoms with Crippen LogP contribution in [0.5, 0.6) is 0 Å². The van der Waals surface area contributed by atoms with E-state index in [0.717, 1.165) is 21.7 Å². The fraction of sp³-hybridized carbons (Fsp3) is 0.0938. The second-order valence-electron chi connectivity index (χ2n) is 9.15. The molecule has 0 heterocycles. The molecular formula is C32H27Cl2N3O3S. The van der Waals surface area contributed by atoms with Crippen molar-refractivity contribution in [1.29, 1.82) is 0 Å². The van der Waals surface area contributed by atoms with Crippen molar-refractivity contribution in [3.8, 4) is 0 Å². The SMILES string of the molecule is Cc1ccc(C)c(NC(=O)CSc2cccc(NC(=O)/C(=C\c3c(Cl)cccc3Cl)NC(=O)c3ccccc3)c2)c1. The maximum Gasteiger partial charge on any atom is 0.272 e. The maximum atomic E-state index is 13.4. The monoisotopic (exact) mass is 603 g/mol. The average molecular weight is 605 g/mol. The van der Waals surface area contributed by atoms with Crippen LogP contribution in [-0.2, 0) is 9.59 Å². The number of carbonyl (C=O) groups excluding carboxylic acids is 3. The van der Waals surface area contributed by atoms with Gasteiger partial charge in [0.25, 0.3) is 11.8 Å². The van der Waals surface area contributed by atoms with Crippen LogP contribution in [0, 0.1) is 13.8 Å². The Hall–Kier alpha value is -4.04. The molecule has 0 saturated carbocycles. The molecule has 4 aromatic carbocycles. The number of hydrogen-bond donors (Lipinski definition) is 3. The van der Waals surface area contributed by atoms with E-state index < -0.39 is 11.8 Å². The Kier molecular flexibility index (Phi) is 10.2. The Labute approximate surface area is 253 Å². The van der Waals surface area contributed by atoms with E-state index in [-0.39, 0.29) is 17.4 Å². The Morgan fingerprint density at radius 2 is 1.51 bits per heavy atom. The molecule has 0 fully saturated rings. The summed E-state index contributed by atoms with van der Waals surface area (Å²) in [6, 6.07) is 26.5. The Balaban J connectivity index is 1.49. The molecule has 4 aromatic rings. The van der Waals surface area contributed by atoms with Crippen molar-refractivity contribution in [1.82, 2.24) is 5.32 Å². The number of rotatable bonds is 9. The number of amides is 3. The van der Waals surface area contributed by atoms with Crippen LogP contribution in [0.2, 0.25) is 10.0 Å². The number of benzene rings is 4. The smallest absolute Gasteiger partial charge is 0.272 e. The summed E-state index contributed by atoms with van der Waals surface area (Å²) in [6.45, 7) is 3.92. The van der Waals surface area contributed by atoms with E-state index in [4.69, 9.17) is 23.2 Å². The Morgan fingerprint density at radius 3 is 2.24 bits per heavy atom. The zero-order valence-corrected chi connectivity index (χ0v) is 24.7. The van der Waals surface area contributed by atoms with Crippen LogP contribution in [0.25, 0.3) is 6.08 Å². The molecule has 0 unspecified atom stereocenters. The quantitative estimate of drug-likeness (QED) is 0.135. The lowest BCUT2D eigenvalue weighted by molar-refractivity contribution is -0.114. The van der Waals surface area contributed by atoms with Gasteiger partial charge in [0.1, 0.15) is 5.70 Å². The van der Waals surface area contributed by atoms with Gasteiger partial charge in [0.15, 0.2) is 0 Å². The first-order valence-electron chi connectivity index (χ1n) is 12.6. The average Bonchev–Trinajstić information content (AvgIpc) is 2.96. The minimum absolute atomic E-state index is 0.0418. The van der Waals surface area contributed by atoms with Gasteiger partial charge in [0.05, 0.1) is 5.75 Å². The van der Waals surface area contributed by atoms with Crippen molar-refractivity contribution in [2.24, 2.45) is 0 Å². The molecule has 0 atom stereocenters. The van der Waals surface area contributed by atoms with Crippen LogP contribution >= 0.6 is 35.0 Å². The summed E-state index contributed by atoms with van der Waals surface area (Å²) >= 11 is 14.0. The molecule has 9 heteroatoms. The molecule has 0 bridgehead atoms. The molecule has 0 aliphatic rings. The Bertz CT molecular complexity index is 1600. The molecule has 3 N–H and O–H groups in total. The van der Waals surface area contributed by atoms with Gasteiger partial charge in [-0.1, -0.05) is 65.7 Å². The van der Waals surface area contributed by atoms with Crippen LogP contribution in [-0.4, -0.2) is 23.5 Å². The number of hydrogen-bond acceptors (Lipinski definition) is 4.